The van der Waals surface area contributed by atoms with Gasteiger partial charge in [-0.25, -0.2) is 29.0 Å². The Hall–Kier alpha value is -1.83. The van der Waals surface area contributed by atoms with Gasteiger partial charge < -0.3 is 0 Å². The zero-order valence-electron chi connectivity index (χ0n) is 16.9. The maximum Gasteiger partial charge on any atom is 0.284 e. The second-order valence-electron chi connectivity index (χ2n) is 4.51. The molecule has 0 amide bonds. The lowest BCUT2D eigenvalue weighted by Gasteiger charge is -2.25. The van der Waals surface area contributed by atoms with Crippen molar-refractivity contribution in [3.05, 3.63) is 0 Å². The van der Waals surface area contributed by atoms with E-state index in [0.29, 0.717) is 39.6 Å². The molecule has 0 atom stereocenters. The summed E-state index contributed by atoms with van der Waals surface area (Å²) in [5, 5.41) is 3.29. The molecule has 27 heavy (non-hydrogen) atoms. The molecular weight excluding hydrogens is 360 g/mol. The van der Waals surface area contributed by atoms with Crippen molar-refractivity contribution in [1.29, 1.82) is 0 Å². The van der Waals surface area contributed by atoms with Crippen molar-refractivity contribution < 1.29 is 29.0 Å². The van der Waals surface area contributed by atoms with Crippen LogP contribution in [0.15, 0.2) is 0 Å². The predicted molar refractivity (Wildman–Crippen MR) is 97.0 cm³/mol. The molecule has 0 spiro atoms. The normalized spacial score (nSPS) is 10.9. The highest BCUT2D eigenvalue weighted by Crippen LogP contribution is 2.21. The van der Waals surface area contributed by atoms with Gasteiger partial charge in [-0.1, -0.05) is 15.7 Å². The summed E-state index contributed by atoms with van der Waals surface area (Å²) in [4.78, 5) is 45.5. The zero-order valence-corrected chi connectivity index (χ0v) is 16.9. The van der Waals surface area contributed by atoms with E-state index in [0.717, 1.165) is 15.7 Å². The van der Waals surface area contributed by atoms with Crippen molar-refractivity contribution in [2.24, 2.45) is 0 Å². The summed E-state index contributed by atoms with van der Waals surface area (Å²) in [6, 6.07) is 0. The maximum absolute atomic E-state index is 5.44. The predicted octanol–water partition coefficient (Wildman–Crippen LogP) is 2.00. The van der Waals surface area contributed by atoms with Gasteiger partial charge in [-0.3, -0.25) is 0 Å². The van der Waals surface area contributed by atoms with Gasteiger partial charge in [0.15, 0.2) is 0 Å². The third kappa shape index (κ3) is 7.36. The summed E-state index contributed by atoms with van der Waals surface area (Å²) >= 11 is 0. The number of rotatable bonds is 15. The minimum Gasteiger partial charge on any atom is -0.246 e. The highest BCUT2D eigenvalue weighted by Gasteiger charge is 2.23. The van der Waals surface area contributed by atoms with Crippen LogP contribution in [-0.2, 0) is 29.0 Å². The van der Waals surface area contributed by atoms with Crippen LogP contribution in [0.2, 0.25) is 0 Å². The highest BCUT2D eigenvalue weighted by molar-refractivity contribution is 5.40. The fourth-order valence-electron chi connectivity index (χ4n) is 1.75. The average molecular weight is 390 g/mol. The molecule has 0 N–H and O–H groups in total. The van der Waals surface area contributed by atoms with Crippen LogP contribution in [-0.4, -0.2) is 54.6 Å². The number of hydrogen-bond acceptors (Lipinski definition) is 12. The Bertz CT molecular complexity index is 424. The topological polar surface area (TPSA) is 104 Å². The van der Waals surface area contributed by atoms with Gasteiger partial charge in [0.05, 0.1) is 39.6 Å². The van der Waals surface area contributed by atoms with Gasteiger partial charge >= 0.3 is 0 Å². The molecule has 1 aromatic heterocycles. The third-order valence-electron chi connectivity index (χ3n) is 2.57. The molecule has 12 heteroatoms. The van der Waals surface area contributed by atoms with E-state index in [1.165, 1.54) is 0 Å². The molecule has 0 aliphatic carbocycles. The van der Waals surface area contributed by atoms with Crippen LogP contribution in [0, 0.1) is 0 Å². The molecule has 0 fully saturated rings. The van der Waals surface area contributed by atoms with Crippen molar-refractivity contribution >= 4 is 17.8 Å². The molecule has 1 aromatic rings. The van der Waals surface area contributed by atoms with Crippen molar-refractivity contribution in [3.63, 3.8) is 0 Å². The summed E-state index contributed by atoms with van der Waals surface area (Å²) in [6.45, 7) is 13.0. The molecule has 0 aliphatic heterocycles. The lowest BCUT2D eigenvalue weighted by Crippen LogP contribution is -2.32. The van der Waals surface area contributed by atoms with Gasteiger partial charge in [-0.2, -0.15) is 15.0 Å². The summed E-state index contributed by atoms with van der Waals surface area (Å²) in [5.41, 5.74) is 0. The van der Waals surface area contributed by atoms with E-state index in [1.807, 2.05) is 41.5 Å². The highest BCUT2D eigenvalue weighted by atomic mass is 17.0. The monoisotopic (exact) mass is 390 g/mol. The fraction of sp³-hybridized carbons (Fsp3) is 0.800. The quantitative estimate of drug-likeness (QED) is 0.409. The largest absolute Gasteiger partial charge is 0.284 e. The van der Waals surface area contributed by atoms with E-state index in [1.54, 1.807) is 0 Å². The van der Waals surface area contributed by atoms with E-state index in [9.17, 15) is 0 Å². The molecule has 156 valence electrons. The third-order valence-corrected chi connectivity index (χ3v) is 2.57. The molecule has 1 rings (SSSR count). The summed E-state index contributed by atoms with van der Waals surface area (Å²) < 4.78 is 0. The summed E-state index contributed by atoms with van der Waals surface area (Å²) in [6.07, 6.45) is 0. The lowest BCUT2D eigenvalue weighted by molar-refractivity contribution is -0.0942. The Morgan fingerprint density at radius 2 is 0.630 bits per heavy atom. The molecular formula is C15H30N6O6. The molecule has 0 bridgehead atoms. The first kappa shape index (κ1) is 23.2. The Kier molecular flexibility index (Phi) is 11.5. The van der Waals surface area contributed by atoms with Crippen molar-refractivity contribution in [2.75, 3.05) is 55.3 Å². The van der Waals surface area contributed by atoms with E-state index < -0.39 is 0 Å². The molecule has 0 radical (unpaired) electrons. The Morgan fingerprint density at radius 3 is 0.778 bits per heavy atom. The van der Waals surface area contributed by atoms with Crippen LogP contribution in [0.3, 0.4) is 0 Å². The van der Waals surface area contributed by atoms with Gasteiger partial charge in [0.1, 0.15) is 0 Å². The lowest BCUT2D eigenvalue weighted by atomic mass is 10.8. The maximum atomic E-state index is 5.44. The van der Waals surface area contributed by atoms with Crippen LogP contribution in [0.25, 0.3) is 0 Å². The van der Waals surface area contributed by atoms with E-state index in [2.05, 4.69) is 15.0 Å². The number of hydrogen-bond donors (Lipinski definition) is 0. The first-order valence-corrected chi connectivity index (χ1v) is 9.08. The molecule has 0 aliphatic rings. The first-order valence-electron chi connectivity index (χ1n) is 9.08. The standard InChI is InChI=1S/C15H30N6O6/c1-7-22-19(23-8-2)13-16-14(20(24-9-3)25-10-4)18-15(17-13)21(26-11-5)27-12-6/h7-12H2,1-6H3. The van der Waals surface area contributed by atoms with Crippen molar-refractivity contribution in [2.45, 2.75) is 41.5 Å². The molecule has 0 saturated heterocycles. The summed E-state index contributed by atoms with van der Waals surface area (Å²) in [7, 11) is 0. The minimum absolute atomic E-state index is 0.0764. The van der Waals surface area contributed by atoms with Crippen molar-refractivity contribution in [3.8, 4) is 0 Å². The first-order chi connectivity index (χ1) is 13.1. The smallest absolute Gasteiger partial charge is 0.246 e. The summed E-state index contributed by atoms with van der Waals surface area (Å²) in [5.74, 6) is 0.229. The Morgan fingerprint density at radius 1 is 0.444 bits per heavy atom. The van der Waals surface area contributed by atoms with Crippen LogP contribution in [0.5, 0.6) is 0 Å². The fourth-order valence-corrected chi connectivity index (χ4v) is 1.75. The molecule has 1 heterocycles. The van der Waals surface area contributed by atoms with Gasteiger partial charge in [0.25, 0.3) is 17.8 Å². The minimum atomic E-state index is 0.0764. The van der Waals surface area contributed by atoms with Crippen molar-refractivity contribution in [1.82, 2.24) is 15.0 Å². The number of aromatic nitrogens is 3. The SMILES string of the molecule is CCON(OCC)c1nc(N(OCC)OCC)nc(N(OCC)OCC)n1. The van der Waals surface area contributed by atoms with E-state index in [-0.39, 0.29) is 17.8 Å². The second kappa shape index (κ2) is 13.4. The number of anilines is 3. The molecule has 0 aromatic carbocycles. The van der Waals surface area contributed by atoms with Gasteiger partial charge in [-0.15, -0.1) is 0 Å². The van der Waals surface area contributed by atoms with Gasteiger partial charge in [-0.05, 0) is 41.5 Å². The van der Waals surface area contributed by atoms with Gasteiger partial charge in [0, 0.05) is 0 Å². The molecule has 0 saturated carbocycles. The zero-order chi connectivity index (χ0) is 20.1. The van der Waals surface area contributed by atoms with E-state index in [4.69, 9.17) is 29.0 Å². The second-order valence-corrected chi connectivity index (χ2v) is 4.51. The Balaban J connectivity index is 3.38. The average Bonchev–Trinajstić information content (AvgIpc) is 2.67. The van der Waals surface area contributed by atoms with E-state index >= 15 is 0 Å². The Labute approximate surface area is 159 Å². The van der Waals surface area contributed by atoms with Crippen LogP contribution in [0.4, 0.5) is 17.8 Å². The van der Waals surface area contributed by atoms with Gasteiger partial charge in [0.2, 0.25) is 0 Å². The molecule has 12 nitrogen and oxygen atoms in total. The van der Waals surface area contributed by atoms with Crippen LogP contribution < -0.4 is 15.7 Å². The number of nitrogens with zero attached hydrogens (tertiary/aromatic N) is 6. The van der Waals surface area contributed by atoms with Crippen LogP contribution >= 0.6 is 0 Å². The molecule has 0 unspecified atom stereocenters. The van der Waals surface area contributed by atoms with Crippen LogP contribution in [0.1, 0.15) is 41.5 Å².